The third-order valence-corrected chi connectivity index (χ3v) is 6.13. The van der Waals surface area contributed by atoms with Gasteiger partial charge in [0.1, 0.15) is 5.65 Å². The number of ether oxygens (including phenoxy) is 1. The van der Waals surface area contributed by atoms with Crippen LogP contribution in [0.25, 0.3) is 5.65 Å². The van der Waals surface area contributed by atoms with E-state index in [4.69, 9.17) is 4.74 Å². The van der Waals surface area contributed by atoms with Crippen molar-refractivity contribution in [1.82, 2.24) is 14.7 Å². The molecule has 5 heteroatoms. The lowest BCUT2D eigenvalue weighted by Gasteiger charge is -2.46. The maximum Gasteiger partial charge on any atom is 0.255 e. The van der Waals surface area contributed by atoms with Gasteiger partial charge in [-0.25, -0.2) is 4.98 Å². The Morgan fingerprint density at radius 2 is 2.08 bits per heavy atom. The van der Waals surface area contributed by atoms with E-state index in [0.29, 0.717) is 5.56 Å². The minimum absolute atomic E-state index is 0.0118. The van der Waals surface area contributed by atoms with Crippen LogP contribution in [-0.4, -0.2) is 34.5 Å². The number of nitrogens with zero attached hydrogens (tertiary/aromatic N) is 2. The first-order valence-corrected chi connectivity index (χ1v) is 9.43. The smallest absolute Gasteiger partial charge is 0.255 e. The van der Waals surface area contributed by atoms with E-state index >= 15 is 0 Å². The minimum Gasteiger partial charge on any atom is -0.381 e. The lowest BCUT2D eigenvalue weighted by atomic mass is 9.65. The Morgan fingerprint density at radius 3 is 2.88 bits per heavy atom. The van der Waals surface area contributed by atoms with E-state index in [0.717, 1.165) is 49.5 Å². The van der Waals surface area contributed by atoms with Gasteiger partial charge < -0.3 is 14.5 Å². The van der Waals surface area contributed by atoms with Crippen LogP contribution < -0.4 is 5.32 Å². The molecule has 2 aromatic heterocycles. The summed E-state index contributed by atoms with van der Waals surface area (Å²) in [5.74, 6) is 0.0118. The van der Waals surface area contributed by atoms with Crippen molar-refractivity contribution in [3.63, 3.8) is 0 Å². The molecule has 0 bridgehead atoms. The average molecular weight is 341 g/mol. The highest BCUT2D eigenvalue weighted by molar-refractivity contribution is 6.00. The third-order valence-electron chi connectivity index (χ3n) is 6.13. The summed E-state index contributed by atoms with van der Waals surface area (Å²) < 4.78 is 7.57. The highest BCUT2D eigenvalue weighted by Crippen LogP contribution is 2.44. The molecule has 134 valence electrons. The molecule has 0 aromatic carbocycles. The molecule has 1 atom stereocenters. The summed E-state index contributed by atoms with van der Waals surface area (Å²) >= 11 is 0. The molecular weight excluding hydrogens is 314 g/mol. The largest absolute Gasteiger partial charge is 0.381 e. The minimum atomic E-state index is 0.0118. The zero-order valence-corrected chi connectivity index (χ0v) is 15.2. The maximum absolute atomic E-state index is 13.0. The van der Waals surface area contributed by atoms with Gasteiger partial charge in [-0.1, -0.05) is 12.8 Å². The van der Waals surface area contributed by atoms with Crippen LogP contribution in [0.5, 0.6) is 0 Å². The van der Waals surface area contributed by atoms with Gasteiger partial charge in [0.2, 0.25) is 0 Å². The number of carbonyl (C=O) groups excluding carboxylic acids is 1. The second-order valence-corrected chi connectivity index (χ2v) is 7.71. The SMILES string of the molecule is Cc1cc(C)n2ccc(C(=O)NC3CCCCC34CCOCC4)c2n1. The Hall–Kier alpha value is -1.88. The van der Waals surface area contributed by atoms with Crippen LogP contribution >= 0.6 is 0 Å². The van der Waals surface area contributed by atoms with Crippen molar-refractivity contribution in [3.05, 3.63) is 35.3 Å². The zero-order valence-electron chi connectivity index (χ0n) is 15.2. The summed E-state index contributed by atoms with van der Waals surface area (Å²) in [6, 6.07) is 4.18. The summed E-state index contributed by atoms with van der Waals surface area (Å²) in [7, 11) is 0. The van der Waals surface area contributed by atoms with Crippen molar-refractivity contribution < 1.29 is 9.53 Å². The van der Waals surface area contributed by atoms with E-state index in [-0.39, 0.29) is 17.4 Å². The van der Waals surface area contributed by atoms with Crippen LogP contribution in [0.3, 0.4) is 0 Å². The molecule has 4 rings (SSSR count). The fourth-order valence-corrected chi connectivity index (χ4v) is 4.71. The molecule has 3 heterocycles. The molecule has 0 radical (unpaired) electrons. The Labute approximate surface area is 148 Å². The van der Waals surface area contributed by atoms with Gasteiger partial charge in [0, 0.05) is 36.8 Å². The normalized spacial score (nSPS) is 23.0. The van der Waals surface area contributed by atoms with Gasteiger partial charge >= 0.3 is 0 Å². The summed E-state index contributed by atoms with van der Waals surface area (Å²) in [6.45, 7) is 5.66. The predicted molar refractivity (Wildman–Crippen MR) is 96.9 cm³/mol. The zero-order chi connectivity index (χ0) is 17.4. The standard InChI is InChI=1S/C20H27N3O2/c1-14-13-15(2)23-10-6-16(18(23)21-14)19(24)22-17-5-3-4-7-20(17)8-11-25-12-9-20/h6,10,13,17H,3-5,7-9,11-12H2,1-2H3,(H,22,24). The number of carbonyl (C=O) groups is 1. The van der Waals surface area contributed by atoms with Gasteiger partial charge in [-0.05, 0) is 57.1 Å². The molecule has 1 saturated heterocycles. The monoisotopic (exact) mass is 341 g/mol. The molecule has 5 nitrogen and oxygen atoms in total. The fourth-order valence-electron chi connectivity index (χ4n) is 4.71. The Morgan fingerprint density at radius 1 is 1.28 bits per heavy atom. The van der Waals surface area contributed by atoms with Gasteiger partial charge in [-0.15, -0.1) is 0 Å². The lowest BCUT2D eigenvalue weighted by molar-refractivity contribution is -0.0231. The van der Waals surface area contributed by atoms with Crippen LogP contribution in [0.1, 0.15) is 60.3 Å². The lowest BCUT2D eigenvalue weighted by Crippen LogP contribution is -2.52. The average Bonchev–Trinajstić information content (AvgIpc) is 3.02. The van der Waals surface area contributed by atoms with Crippen molar-refractivity contribution in [2.75, 3.05) is 13.2 Å². The highest BCUT2D eigenvalue weighted by Gasteiger charge is 2.42. The first-order valence-electron chi connectivity index (χ1n) is 9.43. The van der Waals surface area contributed by atoms with E-state index in [1.54, 1.807) is 0 Å². The van der Waals surface area contributed by atoms with E-state index in [2.05, 4.69) is 10.3 Å². The third kappa shape index (κ3) is 2.95. The second-order valence-electron chi connectivity index (χ2n) is 7.71. The number of hydrogen-bond acceptors (Lipinski definition) is 3. The summed E-state index contributed by atoms with van der Waals surface area (Å²) in [4.78, 5) is 17.6. The van der Waals surface area contributed by atoms with Crippen LogP contribution in [0.15, 0.2) is 18.3 Å². The number of fused-ring (bicyclic) bond motifs is 1. The summed E-state index contributed by atoms with van der Waals surface area (Å²) in [6.07, 6.45) is 8.80. The fraction of sp³-hybridized carbons (Fsp3) is 0.600. The first-order chi connectivity index (χ1) is 12.1. The van der Waals surface area contributed by atoms with E-state index in [1.165, 1.54) is 19.3 Å². The van der Waals surface area contributed by atoms with Crippen LogP contribution in [0.4, 0.5) is 0 Å². The molecule has 1 N–H and O–H groups in total. The van der Waals surface area contributed by atoms with Crippen LogP contribution in [-0.2, 0) is 4.74 Å². The first kappa shape index (κ1) is 16.6. The molecule has 1 unspecified atom stereocenters. The van der Waals surface area contributed by atoms with E-state index < -0.39 is 0 Å². The van der Waals surface area contributed by atoms with Crippen LogP contribution in [0.2, 0.25) is 0 Å². The maximum atomic E-state index is 13.0. The molecule has 1 spiro atoms. The molecule has 1 aliphatic carbocycles. The summed E-state index contributed by atoms with van der Waals surface area (Å²) in [5.41, 5.74) is 3.70. The van der Waals surface area contributed by atoms with Gasteiger partial charge in [-0.2, -0.15) is 0 Å². The highest BCUT2D eigenvalue weighted by atomic mass is 16.5. The number of aromatic nitrogens is 2. The van der Waals surface area contributed by atoms with Gasteiger partial charge in [0.15, 0.2) is 0 Å². The Balaban J connectivity index is 1.61. The van der Waals surface area contributed by atoms with E-state index in [1.807, 2.05) is 36.6 Å². The van der Waals surface area contributed by atoms with Crippen molar-refractivity contribution in [2.45, 2.75) is 58.4 Å². The number of hydrogen-bond donors (Lipinski definition) is 1. The van der Waals surface area contributed by atoms with Crippen LogP contribution in [0, 0.1) is 19.3 Å². The van der Waals surface area contributed by atoms with Crippen molar-refractivity contribution in [2.24, 2.45) is 5.41 Å². The molecule has 1 amide bonds. The van der Waals surface area contributed by atoms with Crippen molar-refractivity contribution in [1.29, 1.82) is 0 Å². The Kier molecular flexibility index (Phi) is 4.28. The quantitative estimate of drug-likeness (QED) is 0.910. The van der Waals surface area contributed by atoms with Crippen molar-refractivity contribution >= 4 is 11.6 Å². The second kappa shape index (κ2) is 6.45. The molecular formula is C20H27N3O2. The molecule has 25 heavy (non-hydrogen) atoms. The molecule has 1 saturated carbocycles. The van der Waals surface area contributed by atoms with Gasteiger partial charge in [0.05, 0.1) is 5.56 Å². The number of amides is 1. The Bertz CT molecular complexity index is 781. The molecule has 1 aliphatic heterocycles. The predicted octanol–water partition coefficient (Wildman–Crippen LogP) is 3.42. The summed E-state index contributed by atoms with van der Waals surface area (Å²) in [5, 5.41) is 3.37. The molecule has 2 fully saturated rings. The number of nitrogens with one attached hydrogen (secondary N) is 1. The van der Waals surface area contributed by atoms with Gasteiger partial charge in [0.25, 0.3) is 5.91 Å². The topological polar surface area (TPSA) is 55.6 Å². The molecule has 2 aromatic rings. The van der Waals surface area contributed by atoms with Gasteiger partial charge in [-0.3, -0.25) is 4.79 Å². The van der Waals surface area contributed by atoms with Crippen molar-refractivity contribution in [3.8, 4) is 0 Å². The van der Waals surface area contributed by atoms with E-state index in [9.17, 15) is 4.79 Å². The number of rotatable bonds is 2. The molecule has 2 aliphatic rings. The number of aryl methyl sites for hydroxylation is 2.